The molecular weight excluding hydrogens is 524 g/mol. The first-order valence-electron chi connectivity index (χ1n) is 11.4. The first kappa shape index (κ1) is 27.0. The van der Waals surface area contributed by atoms with Crippen LogP contribution in [0.5, 0.6) is 17.2 Å². The average molecular weight is 549 g/mol. The number of hydrogen-bond donors (Lipinski definition) is 2. The highest BCUT2D eigenvalue weighted by Crippen LogP contribution is 2.42. The summed E-state index contributed by atoms with van der Waals surface area (Å²) in [6.45, 7) is 0. The third-order valence-electron chi connectivity index (χ3n) is 6.06. The van der Waals surface area contributed by atoms with E-state index >= 15 is 0 Å². The van der Waals surface area contributed by atoms with Gasteiger partial charge in [0.15, 0.2) is 0 Å². The number of nitrogens with zero attached hydrogens (tertiary/aromatic N) is 2. The number of rotatable bonds is 7. The molecule has 0 spiro atoms. The normalized spacial score (nSPS) is 14.8. The molecular formula is C27H24N4O7S. The second-order valence-corrected chi connectivity index (χ2v) is 9.16. The first-order chi connectivity index (χ1) is 18.8. The Morgan fingerprint density at radius 3 is 2.31 bits per heavy atom. The minimum atomic E-state index is -1.02. The Bertz CT molecular complexity index is 1710. The molecule has 1 atom stereocenters. The van der Waals surface area contributed by atoms with Crippen LogP contribution in [-0.2, 0) is 14.3 Å². The van der Waals surface area contributed by atoms with Gasteiger partial charge in [-0.2, -0.15) is 5.26 Å². The number of carbonyl (C=O) groups is 2. The van der Waals surface area contributed by atoms with Crippen molar-refractivity contribution in [3.05, 3.63) is 73.2 Å². The molecule has 1 aliphatic heterocycles. The van der Waals surface area contributed by atoms with Gasteiger partial charge in [0.05, 0.1) is 51.6 Å². The summed E-state index contributed by atoms with van der Waals surface area (Å²) in [7, 11) is 5.65. The Morgan fingerprint density at radius 1 is 1.05 bits per heavy atom. The van der Waals surface area contributed by atoms with Crippen LogP contribution in [0.4, 0.5) is 5.69 Å². The van der Waals surface area contributed by atoms with Crippen LogP contribution in [0.25, 0.3) is 17.5 Å². The number of amides is 1. The number of nitrogens with two attached hydrogens (primary N) is 1. The number of fused-ring (bicyclic) bond motifs is 1. The van der Waals surface area contributed by atoms with Crippen molar-refractivity contribution in [2.75, 3.05) is 33.8 Å². The largest absolute Gasteiger partial charge is 0.497 e. The number of nitrogens with one attached hydrogen (secondary N) is 1. The molecule has 2 heterocycles. The van der Waals surface area contributed by atoms with Crippen molar-refractivity contribution in [2.45, 2.75) is 5.92 Å². The first-order valence-corrected chi connectivity index (χ1v) is 12.2. The molecule has 12 heteroatoms. The number of nitriles is 1. The second kappa shape index (κ2) is 11.2. The predicted molar refractivity (Wildman–Crippen MR) is 145 cm³/mol. The van der Waals surface area contributed by atoms with E-state index in [-0.39, 0.29) is 26.2 Å². The molecule has 0 fully saturated rings. The van der Waals surface area contributed by atoms with Gasteiger partial charge < -0.3 is 30.0 Å². The van der Waals surface area contributed by atoms with E-state index in [1.54, 1.807) is 42.5 Å². The van der Waals surface area contributed by atoms with Crippen LogP contribution in [0.15, 0.2) is 52.8 Å². The minimum absolute atomic E-state index is 0.0193. The molecule has 200 valence electrons. The summed E-state index contributed by atoms with van der Waals surface area (Å²) in [5, 5.41) is 13.0. The number of hydrogen-bond acceptors (Lipinski definition) is 10. The minimum Gasteiger partial charge on any atom is -0.497 e. The van der Waals surface area contributed by atoms with Crippen molar-refractivity contribution >= 4 is 46.4 Å². The number of carbonyl (C=O) groups excluding carboxylic acids is 2. The molecule has 39 heavy (non-hydrogen) atoms. The molecule has 0 saturated carbocycles. The number of thiazole rings is 1. The van der Waals surface area contributed by atoms with Gasteiger partial charge in [-0.1, -0.05) is 6.07 Å². The van der Waals surface area contributed by atoms with E-state index in [2.05, 4.69) is 16.1 Å². The Hall–Kier alpha value is -5.02. The zero-order chi connectivity index (χ0) is 28.3. The fourth-order valence-corrected chi connectivity index (χ4v) is 5.31. The summed E-state index contributed by atoms with van der Waals surface area (Å²) in [5.74, 6) is -1.11. The number of allylic oxidation sites excluding steroid dienone is 1. The number of aromatic nitrogens is 1. The number of benzene rings is 2. The van der Waals surface area contributed by atoms with Crippen molar-refractivity contribution < 1.29 is 28.5 Å². The van der Waals surface area contributed by atoms with E-state index < -0.39 is 23.4 Å². The molecule has 3 aromatic rings. The summed E-state index contributed by atoms with van der Waals surface area (Å²) in [4.78, 5) is 39.2. The maximum atomic E-state index is 13.9. The lowest BCUT2D eigenvalue weighted by Gasteiger charge is -2.26. The molecule has 0 saturated heterocycles. The lowest BCUT2D eigenvalue weighted by molar-refractivity contribution is -0.133. The number of methoxy groups -OCH3 is 4. The van der Waals surface area contributed by atoms with Crippen LogP contribution >= 0.6 is 11.3 Å². The Morgan fingerprint density at radius 2 is 1.72 bits per heavy atom. The van der Waals surface area contributed by atoms with Crippen LogP contribution < -0.4 is 40.0 Å². The van der Waals surface area contributed by atoms with Gasteiger partial charge in [0, 0.05) is 23.4 Å². The smallest absolute Gasteiger partial charge is 0.332 e. The van der Waals surface area contributed by atoms with Crippen LogP contribution in [0, 0.1) is 11.3 Å². The molecule has 1 aliphatic rings. The molecule has 1 unspecified atom stereocenters. The molecule has 1 aromatic heterocycles. The zero-order valence-electron chi connectivity index (χ0n) is 21.4. The molecule has 2 aromatic carbocycles. The highest BCUT2D eigenvalue weighted by Gasteiger charge is 2.37. The molecule has 0 radical (unpaired) electrons. The summed E-state index contributed by atoms with van der Waals surface area (Å²) >= 11 is 0.882. The summed E-state index contributed by atoms with van der Waals surface area (Å²) in [6, 6.07) is 13.7. The fourth-order valence-electron chi connectivity index (χ4n) is 4.17. The quantitative estimate of drug-likeness (QED) is 0.413. The van der Waals surface area contributed by atoms with Gasteiger partial charge in [-0.25, -0.2) is 4.79 Å². The summed E-state index contributed by atoms with van der Waals surface area (Å²) < 4.78 is 21.9. The van der Waals surface area contributed by atoms with Gasteiger partial charge in [-0.05, 0) is 30.3 Å². The van der Waals surface area contributed by atoms with Gasteiger partial charge in [-0.3, -0.25) is 14.2 Å². The van der Waals surface area contributed by atoms with Crippen LogP contribution in [0.2, 0.25) is 0 Å². The van der Waals surface area contributed by atoms with E-state index in [4.69, 9.17) is 19.9 Å². The fraction of sp³-hybridized carbons (Fsp3) is 0.185. The Labute approximate surface area is 226 Å². The van der Waals surface area contributed by atoms with Crippen molar-refractivity contribution in [3.63, 3.8) is 0 Å². The van der Waals surface area contributed by atoms with Gasteiger partial charge in [-0.15, -0.1) is 11.3 Å². The lowest BCUT2D eigenvalue weighted by Crippen LogP contribution is -2.41. The zero-order valence-corrected chi connectivity index (χ0v) is 22.3. The molecule has 3 N–H and O–H groups in total. The predicted octanol–water partition coefficient (Wildman–Crippen LogP) is 1.13. The Kier molecular flexibility index (Phi) is 7.73. The van der Waals surface area contributed by atoms with Crippen LogP contribution in [0.1, 0.15) is 11.5 Å². The number of ether oxygens (including phenoxy) is 4. The molecule has 11 nitrogen and oxygen atoms in total. The topological polar surface area (TPSA) is 155 Å². The third kappa shape index (κ3) is 4.95. The van der Waals surface area contributed by atoms with Crippen molar-refractivity contribution in [2.24, 2.45) is 5.73 Å². The average Bonchev–Trinajstić information content (AvgIpc) is 3.27. The molecule has 4 rings (SSSR count). The maximum Gasteiger partial charge on any atom is 0.332 e. The van der Waals surface area contributed by atoms with Crippen LogP contribution in [-0.4, -0.2) is 44.9 Å². The summed E-state index contributed by atoms with van der Waals surface area (Å²) in [6.07, 6.45) is 1.01. The van der Waals surface area contributed by atoms with Crippen molar-refractivity contribution in [1.29, 1.82) is 5.26 Å². The molecule has 0 aliphatic carbocycles. The van der Waals surface area contributed by atoms with Crippen molar-refractivity contribution in [3.8, 4) is 23.3 Å². The highest BCUT2D eigenvalue weighted by molar-refractivity contribution is 7.07. The highest BCUT2D eigenvalue weighted by atomic mass is 32.1. The van der Waals surface area contributed by atoms with Crippen molar-refractivity contribution in [1.82, 2.24) is 4.57 Å². The lowest BCUT2D eigenvalue weighted by atomic mass is 9.82. The van der Waals surface area contributed by atoms with E-state index in [0.29, 0.717) is 28.5 Å². The van der Waals surface area contributed by atoms with Gasteiger partial charge in [0.1, 0.15) is 32.3 Å². The van der Waals surface area contributed by atoms with E-state index in [1.807, 2.05) is 0 Å². The molecule has 0 bridgehead atoms. The number of anilines is 1. The molecule has 1 amide bonds. The third-order valence-corrected chi connectivity index (χ3v) is 7.17. The second-order valence-electron chi connectivity index (χ2n) is 8.13. The van der Waals surface area contributed by atoms with Gasteiger partial charge in [0.25, 0.3) is 11.5 Å². The maximum absolute atomic E-state index is 13.9. The summed E-state index contributed by atoms with van der Waals surface area (Å²) in [5.41, 5.74) is 6.62. The monoisotopic (exact) mass is 548 g/mol. The van der Waals surface area contributed by atoms with Crippen LogP contribution in [0.3, 0.4) is 0 Å². The van der Waals surface area contributed by atoms with E-state index in [0.717, 1.165) is 22.0 Å². The van der Waals surface area contributed by atoms with E-state index in [9.17, 15) is 19.6 Å². The number of esters is 1. The van der Waals surface area contributed by atoms with Gasteiger partial charge in [0.2, 0.25) is 0 Å². The SMILES string of the molecule is COC(=O)C=c1sc2n(c1=O)C(N)=C(C#N)C(c1ccc(OC)cc1OC)C=2C(=O)Nc1ccc(OC)cc1. The van der Waals surface area contributed by atoms with Gasteiger partial charge >= 0.3 is 5.97 Å². The van der Waals surface area contributed by atoms with E-state index in [1.165, 1.54) is 28.4 Å². The Balaban J connectivity index is 2.05. The standard InChI is InChI=1S/C27H24N4O7S/c1-35-15-7-5-14(6-8-15)30-25(33)23-22(17-10-9-16(36-2)11-19(17)37-3)18(13-28)24(29)31-26(34)20(39-27(23)31)12-21(32)38-4/h5-12,22H,29H2,1-4H3,(H,30,33).